The van der Waals surface area contributed by atoms with Crippen molar-refractivity contribution in [1.82, 2.24) is 5.32 Å². The third kappa shape index (κ3) is 59.4. The van der Waals surface area contributed by atoms with Crippen LogP contribution in [0.1, 0.15) is 367 Å². The van der Waals surface area contributed by atoms with E-state index in [1.165, 1.54) is 289 Å². The Morgan fingerprint density at radius 3 is 1.04 bits per heavy atom. The molecule has 2 unspecified atom stereocenters. The fraction of sp³-hybridized carbons (Fsp3) is 0.910. The van der Waals surface area contributed by atoms with E-state index in [4.69, 9.17) is 4.74 Å². The Bertz CT molecular complexity index is 1140. The Kier molecular flexibility index (Phi) is 61.4. The maximum atomic E-state index is 12.5. The van der Waals surface area contributed by atoms with Crippen molar-refractivity contribution in [3.8, 4) is 0 Å². The quantitative estimate of drug-likeness (QED) is 0.0320. The molecule has 432 valence electrons. The zero-order valence-corrected chi connectivity index (χ0v) is 49.4. The fourth-order valence-electron chi connectivity index (χ4n) is 10.4. The lowest BCUT2D eigenvalue weighted by Crippen LogP contribution is -2.45. The molecule has 0 aromatic heterocycles. The van der Waals surface area contributed by atoms with Crippen LogP contribution in [-0.4, -0.2) is 47.4 Å². The first-order valence-electron chi connectivity index (χ1n) is 33.1. The number of allylic oxidation sites excluding steroid dienone is 4. The van der Waals surface area contributed by atoms with Gasteiger partial charge in [-0.15, -0.1) is 0 Å². The summed E-state index contributed by atoms with van der Waals surface area (Å²) in [5.74, 6) is -0.0263. The summed E-state index contributed by atoms with van der Waals surface area (Å²) in [5, 5.41) is 23.3. The number of aliphatic hydroxyl groups excluding tert-OH is 2. The van der Waals surface area contributed by atoms with Crippen LogP contribution < -0.4 is 5.32 Å². The Labute approximate surface area is 456 Å². The lowest BCUT2D eigenvalue weighted by atomic mass is 10.0. The summed E-state index contributed by atoms with van der Waals surface area (Å²) >= 11 is 0. The number of carbonyl (C=O) groups is 2. The van der Waals surface area contributed by atoms with Gasteiger partial charge in [0.25, 0.3) is 0 Å². The van der Waals surface area contributed by atoms with E-state index in [9.17, 15) is 19.8 Å². The number of ether oxygens (including phenoxy) is 1. The highest BCUT2D eigenvalue weighted by Crippen LogP contribution is 2.18. The Morgan fingerprint density at radius 2 is 0.685 bits per heavy atom. The first kappa shape index (κ1) is 71.3. The summed E-state index contributed by atoms with van der Waals surface area (Å²) in [6.45, 7) is 4.98. The maximum absolute atomic E-state index is 12.5. The molecule has 0 bridgehead atoms. The lowest BCUT2D eigenvalue weighted by molar-refractivity contribution is -0.143. The topological polar surface area (TPSA) is 95.9 Å². The first-order valence-corrected chi connectivity index (χ1v) is 33.1. The van der Waals surface area contributed by atoms with Gasteiger partial charge in [-0.3, -0.25) is 9.59 Å². The number of nitrogens with one attached hydrogen (secondary N) is 1. The van der Waals surface area contributed by atoms with Crippen molar-refractivity contribution >= 4 is 11.9 Å². The molecule has 0 aliphatic rings. The zero-order valence-electron chi connectivity index (χ0n) is 49.4. The van der Waals surface area contributed by atoms with Gasteiger partial charge in [-0.25, -0.2) is 0 Å². The normalized spacial score (nSPS) is 12.7. The molecule has 0 aliphatic carbocycles. The van der Waals surface area contributed by atoms with Crippen LogP contribution in [0.4, 0.5) is 0 Å². The van der Waals surface area contributed by atoms with E-state index in [1.807, 2.05) is 0 Å². The minimum absolute atomic E-state index is 0.0119. The van der Waals surface area contributed by atoms with E-state index in [1.54, 1.807) is 0 Å². The van der Waals surface area contributed by atoms with E-state index in [0.717, 1.165) is 44.9 Å². The van der Waals surface area contributed by atoms with Crippen molar-refractivity contribution in [3.63, 3.8) is 0 Å². The van der Waals surface area contributed by atoms with Gasteiger partial charge < -0.3 is 20.3 Å². The molecule has 6 nitrogen and oxygen atoms in total. The molecule has 0 heterocycles. The van der Waals surface area contributed by atoms with Crippen molar-refractivity contribution in [2.45, 2.75) is 379 Å². The molecule has 0 spiro atoms. The zero-order chi connectivity index (χ0) is 52.9. The molecule has 0 aliphatic heterocycles. The number of unbranched alkanes of at least 4 members (excludes halogenated alkanes) is 47. The van der Waals surface area contributed by atoms with Crippen LogP contribution in [0.15, 0.2) is 24.3 Å². The number of esters is 1. The molecule has 0 aromatic carbocycles. The summed E-state index contributed by atoms with van der Waals surface area (Å²) < 4.78 is 5.48. The van der Waals surface area contributed by atoms with Crippen molar-refractivity contribution in [1.29, 1.82) is 0 Å². The highest BCUT2D eigenvalue weighted by Gasteiger charge is 2.20. The van der Waals surface area contributed by atoms with Crippen LogP contribution in [0.5, 0.6) is 0 Å². The van der Waals surface area contributed by atoms with Crippen LogP contribution >= 0.6 is 0 Å². The molecular formula is C67H129NO5. The van der Waals surface area contributed by atoms with Crippen LogP contribution in [0.2, 0.25) is 0 Å². The predicted molar refractivity (Wildman–Crippen MR) is 320 cm³/mol. The fourth-order valence-corrected chi connectivity index (χ4v) is 10.4. The number of rotatable bonds is 62. The summed E-state index contributed by atoms with van der Waals surface area (Å²) in [6.07, 6.45) is 77.7. The van der Waals surface area contributed by atoms with Gasteiger partial charge in [0.05, 0.1) is 25.4 Å². The van der Waals surface area contributed by atoms with E-state index in [2.05, 4.69) is 43.5 Å². The molecule has 1 amide bonds. The van der Waals surface area contributed by atoms with E-state index >= 15 is 0 Å². The molecule has 0 fully saturated rings. The van der Waals surface area contributed by atoms with Gasteiger partial charge in [0.1, 0.15) is 0 Å². The summed E-state index contributed by atoms with van der Waals surface area (Å²) in [6, 6.07) is -0.546. The first-order chi connectivity index (χ1) is 36.0. The third-order valence-electron chi connectivity index (χ3n) is 15.5. The van der Waals surface area contributed by atoms with Gasteiger partial charge in [-0.2, -0.15) is 0 Å². The van der Waals surface area contributed by atoms with Crippen LogP contribution in [0, 0.1) is 0 Å². The molecule has 0 radical (unpaired) electrons. The summed E-state index contributed by atoms with van der Waals surface area (Å²) in [7, 11) is 0. The average Bonchev–Trinajstić information content (AvgIpc) is 3.39. The standard InChI is InChI=1S/C67H129NO5/c1-3-5-7-9-11-13-15-17-19-29-32-35-39-43-47-51-55-59-65(70)64(63-69)68-66(71)60-56-52-48-44-40-36-33-30-27-25-23-21-20-22-24-26-28-31-34-38-42-46-50-54-58-62-73-67(72)61-57-53-49-45-41-37-18-16-14-12-10-8-6-4-2/h21-24,64-65,69-70H,3-20,25-63H2,1-2H3,(H,68,71)/b23-21-,24-22-. The Morgan fingerprint density at radius 1 is 0.384 bits per heavy atom. The number of hydrogen-bond acceptors (Lipinski definition) is 5. The van der Waals surface area contributed by atoms with Crippen LogP contribution in [0.25, 0.3) is 0 Å². The number of amides is 1. The van der Waals surface area contributed by atoms with Gasteiger partial charge in [-0.1, -0.05) is 321 Å². The SMILES string of the molecule is CCCCCCCCCCCCCCCCCCCC(O)C(CO)NC(=O)CCCCCCCCCCC/C=C\C/C=C\CCCCCCCCCCCOC(=O)CCCCCCCCCCCCCCCC. The van der Waals surface area contributed by atoms with Crippen molar-refractivity contribution < 1.29 is 24.5 Å². The third-order valence-corrected chi connectivity index (χ3v) is 15.5. The Hall–Kier alpha value is -1.66. The van der Waals surface area contributed by atoms with Crippen molar-refractivity contribution in [3.05, 3.63) is 24.3 Å². The smallest absolute Gasteiger partial charge is 0.305 e. The Balaban J connectivity index is 3.42. The van der Waals surface area contributed by atoms with Crippen molar-refractivity contribution in [2.24, 2.45) is 0 Å². The second-order valence-corrected chi connectivity index (χ2v) is 22.8. The molecule has 2 atom stereocenters. The average molecular weight is 1030 g/mol. The van der Waals surface area contributed by atoms with Gasteiger partial charge in [-0.05, 0) is 57.8 Å². The minimum Gasteiger partial charge on any atom is -0.466 e. The molecular weight excluding hydrogens is 899 g/mol. The van der Waals surface area contributed by atoms with Crippen LogP contribution in [-0.2, 0) is 14.3 Å². The molecule has 0 rings (SSSR count). The molecule has 3 N–H and O–H groups in total. The maximum Gasteiger partial charge on any atom is 0.305 e. The second-order valence-electron chi connectivity index (χ2n) is 22.8. The summed E-state index contributed by atoms with van der Waals surface area (Å²) in [4.78, 5) is 24.6. The van der Waals surface area contributed by atoms with Crippen LogP contribution in [0.3, 0.4) is 0 Å². The van der Waals surface area contributed by atoms with Gasteiger partial charge in [0.2, 0.25) is 5.91 Å². The van der Waals surface area contributed by atoms with E-state index < -0.39 is 12.1 Å². The number of carbonyl (C=O) groups excluding carboxylic acids is 2. The molecule has 0 saturated carbocycles. The molecule has 6 heteroatoms. The van der Waals surface area contributed by atoms with Gasteiger partial charge in [0.15, 0.2) is 0 Å². The minimum atomic E-state index is -0.668. The number of aliphatic hydroxyl groups is 2. The molecule has 73 heavy (non-hydrogen) atoms. The highest BCUT2D eigenvalue weighted by molar-refractivity contribution is 5.76. The summed E-state index contributed by atoms with van der Waals surface area (Å²) in [5.41, 5.74) is 0. The van der Waals surface area contributed by atoms with Gasteiger partial charge in [0, 0.05) is 12.8 Å². The highest BCUT2D eigenvalue weighted by atomic mass is 16.5. The monoisotopic (exact) mass is 1030 g/mol. The van der Waals surface area contributed by atoms with Gasteiger partial charge >= 0.3 is 5.97 Å². The second kappa shape index (κ2) is 62.9. The van der Waals surface area contributed by atoms with E-state index in [-0.39, 0.29) is 18.5 Å². The molecule has 0 saturated heterocycles. The number of hydrogen-bond donors (Lipinski definition) is 3. The largest absolute Gasteiger partial charge is 0.466 e. The van der Waals surface area contributed by atoms with E-state index in [0.29, 0.717) is 25.9 Å². The molecule has 0 aromatic rings. The van der Waals surface area contributed by atoms with Crippen molar-refractivity contribution in [2.75, 3.05) is 13.2 Å². The predicted octanol–water partition coefficient (Wildman–Crippen LogP) is 21.0. The lowest BCUT2D eigenvalue weighted by Gasteiger charge is -2.22.